The second-order valence-corrected chi connectivity index (χ2v) is 7.00. The minimum absolute atomic E-state index is 0. The number of sulfone groups is 1. The van der Waals surface area contributed by atoms with Crippen LogP contribution < -0.4 is 10.1 Å². The molecule has 0 amide bonds. The van der Waals surface area contributed by atoms with Crippen molar-refractivity contribution in [3.63, 3.8) is 0 Å². The summed E-state index contributed by atoms with van der Waals surface area (Å²) in [5.74, 6) is -0.457. The number of rotatable bonds is 1. The Balaban J connectivity index is 0.000000555. The first kappa shape index (κ1) is 22.0. The molecular formula is C16H20F3NO3S-2. The van der Waals surface area contributed by atoms with E-state index in [0.717, 1.165) is 23.5 Å². The highest BCUT2D eigenvalue weighted by Gasteiger charge is 2.46. The SMILES string of the molecule is C.Cc1cc(S(=O)(=O)C(F)(F)F)cc(C)c1[O-].Cc1ccc(C)[n-]1. The highest BCUT2D eigenvalue weighted by atomic mass is 32.2. The van der Waals surface area contributed by atoms with E-state index in [1.165, 1.54) is 13.8 Å². The molecule has 0 N–H and O–H groups in total. The Labute approximate surface area is 140 Å². The third-order valence-electron chi connectivity index (χ3n) is 2.97. The van der Waals surface area contributed by atoms with E-state index in [9.17, 15) is 26.7 Å². The minimum atomic E-state index is -5.38. The molecule has 1 aromatic carbocycles. The summed E-state index contributed by atoms with van der Waals surface area (Å²) in [5, 5.41) is 11.2. The number of benzene rings is 1. The van der Waals surface area contributed by atoms with Crippen molar-refractivity contribution < 1.29 is 26.7 Å². The van der Waals surface area contributed by atoms with E-state index in [2.05, 4.69) is 4.98 Å². The Morgan fingerprint density at radius 1 is 0.958 bits per heavy atom. The van der Waals surface area contributed by atoms with Crippen molar-refractivity contribution >= 4 is 9.84 Å². The quantitative estimate of drug-likeness (QED) is 0.777. The van der Waals surface area contributed by atoms with E-state index in [-0.39, 0.29) is 18.6 Å². The van der Waals surface area contributed by atoms with Crippen molar-refractivity contribution in [1.82, 2.24) is 4.98 Å². The molecule has 0 aliphatic heterocycles. The van der Waals surface area contributed by atoms with Crippen LogP contribution in [0.5, 0.6) is 5.75 Å². The van der Waals surface area contributed by atoms with Crippen molar-refractivity contribution in [3.8, 4) is 5.75 Å². The van der Waals surface area contributed by atoms with Gasteiger partial charge in [0.15, 0.2) is 0 Å². The fourth-order valence-corrected chi connectivity index (χ4v) is 2.72. The second-order valence-electron chi connectivity index (χ2n) is 5.06. The van der Waals surface area contributed by atoms with Crippen molar-refractivity contribution in [2.75, 3.05) is 0 Å². The monoisotopic (exact) mass is 363 g/mol. The number of aryl methyl sites for hydroxylation is 4. The van der Waals surface area contributed by atoms with Crippen LogP contribution in [-0.2, 0) is 9.84 Å². The first-order chi connectivity index (χ1) is 10.4. The van der Waals surface area contributed by atoms with E-state index >= 15 is 0 Å². The normalized spacial score (nSPS) is 11.3. The third kappa shape index (κ3) is 5.02. The van der Waals surface area contributed by atoms with E-state index in [4.69, 9.17) is 0 Å². The molecule has 0 saturated carbocycles. The first-order valence-corrected chi connectivity index (χ1v) is 8.01. The summed E-state index contributed by atoms with van der Waals surface area (Å²) in [5.41, 5.74) is -3.18. The van der Waals surface area contributed by atoms with Gasteiger partial charge >= 0.3 is 5.51 Å². The zero-order chi connectivity index (χ0) is 18.0. The van der Waals surface area contributed by atoms with Crippen LogP contribution >= 0.6 is 0 Å². The summed E-state index contributed by atoms with van der Waals surface area (Å²) in [6, 6.07) is 5.49. The van der Waals surface area contributed by atoms with Crippen LogP contribution in [0.1, 0.15) is 29.9 Å². The van der Waals surface area contributed by atoms with Gasteiger partial charge in [0.25, 0.3) is 9.84 Å². The summed E-state index contributed by atoms with van der Waals surface area (Å²) in [6.45, 7) is 6.52. The molecule has 0 aliphatic rings. The number of hydrogen-bond acceptors (Lipinski definition) is 3. The molecule has 4 nitrogen and oxygen atoms in total. The zero-order valence-electron chi connectivity index (χ0n) is 13.0. The average Bonchev–Trinajstić information content (AvgIpc) is 2.78. The summed E-state index contributed by atoms with van der Waals surface area (Å²) in [6.07, 6.45) is 0. The van der Waals surface area contributed by atoms with E-state index < -0.39 is 26.0 Å². The van der Waals surface area contributed by atoms with Crippen molar-refractivity contribution in [2.24, 2.45) is 0 Å². The van der Waals surface area contributed by atoms with Crippen LogP contribution in [0.25, 0.3) is 0 Å². The summed E-state index contributed by atoms with van der Waals surface area (Å²) in [4.78, 5) is 3.22. The van der Waals surface area contributed by atoms with Gasteiger partial charge in [-0.1, -0.05) is 44.5 Å². The smallest absolute Gasteiger partial charge is 0.501 e. The van der Waals surface area contributed by atoms with Crippen LogP contribution in [0.4, 0.5) is 13.2 Å². The second kappa shape index (κ2) is 7.74. The van der Waals surface area contributed by atoms with Gasteiger partial charge in [0.1, 0.15) is 0 Å². The Bertz CT molecular complexity index is 754. The molecule has 0 aliphatic carbocycles. The van der Waals surface area contributed by atoms with Gasteiger partial charge in [0.2, 0.25) is 0 Å². The Hall–Kier alpha value is -1.96. The zero-order valence-corrected chi connectivity index (χ0v) is 13.8. The van der Waals surface area contributed by atoms with Gasteiger partial charge in [-0.05, 0) is 26.0 Å². The number of alkyl halides is 3. The molecule has 0 radical (unpaired) electrons. The number of aromatic nitrogens is 1. The van der Waals surface area contributed by atoms with Crippen molar-refractivity contribution in [1.29, 1.82) is 0 Å². The van der Waals surface area contributed by atoms with E-state index in [1.807, 2.05) is 26.0 Å². The van der Waals surface area contributed by atoms with Crippen LogP contribution in [-0.4, -0.2) is 13.9 Å². The molecule has 24 heavy (non-hydrogen) atoms. The van der Waals surface area contributed by atoms with Crippen LogP contribution in [0.2, 0.25) is 0 Å². The number of halogens is 3. The minimum Gasteiger partial charge on any atom is -0.872 e. The topological polar surface area (TPSA) is 71.3 Å². The molecule has 1 heterocycles. The maximum atomic E-state index is 12.2. The predicted octanol–water partition coefficient (Wildman–Crippen LogP) is 3.57. The van der Waals surface area contributed by atoms with Crippen molar-refractivity contribution in [2.45, 2.75) is 45.5 Å². The lowest BCUT2D eigenvalue weighted by Crippen LogP contribution is -2.23. The van der Waals surface area contributed by atoms with E-state index in [1.54, 1.807) is 0 Å². The molecule has 0 spiro atoms. The Morgan fingerprint density at radius 3 is 1.58 bits per heavy atom. The molecule has 2 rings (SSSR count). The molecule has 0 unspecified atom stereocenters. The Kier molecular flexibility index (Phi) is 7.11. The predicted molar refractivity (Wildman–Crippen MR) is 84.6 cm³/mol. The molecule has 0 atom stereocenters. The van der Waals surface area contributed by atoms with Gasteiger partial charge in [-0.3, -0.25) is 0 Å². The molecular weight excluding hydrogens is 343 g/mol. The fraction of sp³-hybridized carbons (Fsp3) is 0.375. The Morgan fingerprint density at radius 2 is 1.33 bits per heavy atom. The van der Waals surface area contributed by atoms with Crippen LogP contribution in [0, 0.1) is 27.7 Å². The lowest BCUT2D eigenvalue weighted by atomic mass is 10.1. The van der Waals surface area contributed by atoms with Gasteiger partial charge < -0.3 is 10.1 Å². The summed E-state index contributed by atoms with van der Waals surface area (Å²) in [7, 11) is -5.38. The number of nitrogens with zero attached hydrogens (tertiary/aromatic N) is 1. The van der Waals surface area contributed by atoms with Crippen molar-refractivity contribution in [3.05, 3.63) is 46.8 Å². The van der Waals surface area contributed by atoms with Gasteiger partial charge in [-0.2, -0.15) is 24.6 Å². The molecule has 2 aromatic rings. The molecule has 1 aromatic heterocycles. The molecule has 0 saturated heterocycles. The average molecular weight is 363 g/mol. The van der Waals surface area contributed by atoms with Gasteiger partial charge in [-0.25, -0.2) is 8.42 Å². The van der Waals surface area contributed by atoms with Gasteiger partial charge in [0.05, 0.1) is 4.90 Å². The van der Waals surface area contributed by atoms with Gasteiger partial charge in [0, 0.05) is 0 Å². The molecule has 0 bridgehead atoms. The molecule has 136 valence electrons. The summed E-state index contributed by atoms with van der Waals surface area (Å²) >= 11 is 0. The first-order valence-electron chi connectivity index (χ1n) is 6.53. The van der Waals surface area contributed by atoms with Gasteiger partial charge in [-0.15, -0.1) is 5.75 Å². The molecule has 0 fully saturated rings. The highest BCUT2D eigenvalue weighted by Crippen LogP contribution is 2.33. The van der Waals surface area contributed by atoms with E-state index in [0.29, 0.717) is 0 Å². The van der Waals surface area contributed by atoms with Crippen LogP contribution in [0.15, 0.2) is 29.2 Å². The summed E-state index contributed by atoms with van der Waals surface area (Å²) < 4.78 is 58.7. The number of hydrogen-bond donors (Lipinski definition) is 0. The highest BCUT2D eigenvalue weighted by molar-refractivity contribution is 7.92. The van der Waals surface area contributed by atoms with Crippen LogP contribution in [0.3, 0.4) is 0 Å². The maximum absolute atomic E-state index is 12.2. The lowest BCUT2D eigenvalue weighted by molar-refractivity contribution is -0.270. The lowest BCUT2D eigenvalue weighted by Gasteiger charge is -2.16. The largest absolute Gasteiger partial charge is 0.872 e. The standard InChI is InChI=1S/C9H9F3O3S.C6H8N.CH4/c1-5-3-7(4-6(2)8(5)13)16(14,15)9(10,11)12;1-5-3-4-6(2)7-5;/h3-4,13H,1-2H3;3-4H,1-2H3;1H4/q;-1;/p-1. The third-order valence-corrected chi connectivity index (χ3v) is 4.43. The fourth-order valence-electron chi connectivity index (χ4n) is 1.79. The molecule has 8 heteroatoms. The maximum Gasteiger partial charge on any atom is 0.501 e.